The maximum atomic E-state index is 14.6. The smallest absolute Gasteiger partial charge is 0.256 e. The van der Waals surface area contributed by atoms with E-state index in [9.17, 15) is 22.9 Å². The molecule has 10 heteroatoms. The number of nitriles is 1. The van der Waals surface area contributed by atoms with Crippen LogP contribution in [0.2, 0.25) is 0 Å². The molecule has 0 atom stereocenters. The molecule has 0 spiro atoms. The van der Waals surface area contributed by atoms with Crippen LogP contribution in [0.1, 0.15) is 36.2 Å². The number of hydrogen-bond acceptors (Lipinski definition) is 6. The molecule has 1 aliphatic heterocycles. The monoisotopic (exact) mass is 459 g/mol. The highest BCUT2D eigenvalue weighted by molar-refractivity contribution is 7.89. The number of hydrogen-bond donors (Lipinski definition) is 0. The Morgan fingerprint density at radius 1 is 1.19 bits per heavy atom. The van der Waals surface area contributed by atoms with Crippen LogP contribution in [-0.4, -0.2) is 67.8 Å². The maximum Gasteiger partial charge on any atom is 0.256 e. The number of nitrogens with zero attached hydrogens (tertiary/aromatic N) is 5. The van der Waals surface area contributed by atoms with E-state index in [0.717, 1.165) is 12.1 Å². The molecular formula is C22H26FN5O3S. The fraction of sp³-hybridized carbons (Fsp3) is 0.409. The first kappa shape index (κ1) is 23.6. The van der Waals surface area contributed by atoms with E-state index >= 15 is 0 Å². The highest BCUT2D eigenvalue weighted by Gasteiger charge is 2.27. The zero-order valence-corrected chi connectivity index (χ0v) is 19.0. The first-order valence-electron chi connectivity index (χ1n) is 10.5. The number of anilines is 1. The van der Waals surface area contributed by atoms with Crippen LogP contribution in [0.15, 0.2) is 41.4 Å². The van der Waals surface area contributed by atoms with E-state index in [1.807, 2.05) is 4.90 Å². The second kappa shape index (κ2) is 10.1. The summed E-state index contributed by atoms with van der Waals surface area (Å²) >= 11 is 0. The zero-order valence-electron chi connectivity index (χ0n) is 18.2. The lowest BCUT2D eigenvalue weighted by Crippen LogP contribution is -2.36. The number of halogens is 1. The second-order valence-electron chi connectivity index (χ2n) is 7.35. The second-order valence-corrected chi connectivity index (χ2v) is 9.29. The first-order chi connectivity index (χ1) is 15.3. The third kappa shape index (κ3) is 4.74. The van der Waals surface area contributed by atoms with E-state index in [4.69, 9.17) is 0 Å². The molecule has 8 nitrogen and oxygen atoms in total. The lowest BCUT2D eigenvalue weighted by molar-refractivity contribution is 0.0762. The SMILES string of the molecule is CCN(CC)S(=O)(=O)c1ccc(F)c(C(=O)N2CCCN(c3ncccc3C#N)CC2)c1. The molecule has 1 aromatic heterocycles. The summed E-state index contributed by atoms with van der Waals surface area (Å²) in [7, 11) is -3.82. The van der Waals surface area contributed by atoms with Gasteiger partial charge in [-0.2, -0.15) is 9.57 Å². The lowest BCUT2D eigenvalue weighted by atomic mass is 10.2. The number of sulfonamides is 1. The Balaban J connectivity index is 1.83. The average molecular weight is 460 g/mol. The standard InChI is InChI=1S/C22H26FN5O3S/c1-3-28(4-2)32(30,31)18-8-9-20(23)19(15-18)22(29)27-12-6-11-26(13-14-27)21-17(16-24)7-5-10-25-21/h5,7-10,15H,3-4,6,11-14H2,1-2H3. The predicted octanol–water partition coefficient (Wildman–Crippen LogP) is 2.48. The van der Waals surface area contributed by atoms with Crippen molar-refractivity contribution in [2.45, 2.75) is 25.2 Å². The number of carbonyl (C=O) groups excluding carboxylic acids is 1. The highest BCUT2D eigenvalue weighted by atomic mass is 32.2. The van der Waals surface area contributed by atoms with Gasteiger partial charge in [0.1, 0.15) is 17.7 Å². The molecule has 1 amide bonds. The van der Waals surface area contributed by atoms with Crippen LogP contribution in [0.25, 0.3) is 0 Å². The van der Waals surface area contributed by atoms with Crippen molar-refractivity contribution in [1.29, 1.82) is 5.26 Å². The van der Waals surface area contributed by atoms with E-state index in [0.29, 0.717) is 44.0 Å². The summed E-state index contributed by atoms with van der Waals surface area (Å²) in [5.41, 5.74) is 0.190. The van der Waals surface area contributed by atoms with Crippen molar-refractivity contribution in [2.24, 2.45) is 0 Å². The van der Waals surface area contributed by atoms with Crippen LogP contribution in [-0.2, 0) is 10.0 Å². The van der Waals surface area contributed by atoms with Crippen LogP contribution >= 0.6 is 0 Å². The number of amides is 1. The van der Waals surface area contributed by atoms with Crippen molar-refractivity contribution in [1.82, 2.24) is 14.2 Å². The molecule has 0 bridgehead atoms. The van der Waals surface area contributed by atoms with E-state index < -0.39 is 21.7 Å². The van der Waals surface area contributed by atoms with Crippen molar-refractivity contribution in [3.63, 3.8) is 0 Å². The molecule has 0 radical (unpaired) electrons. The summed E-state index contributed by atoms with van der Waals surface area (Å²) < 4.78 is 41.4. The molecule has 0 unspecified atom stereocenters. The number of carbonyl (C=O) groups is 1. The number of aromatic nitrogens is 1. The summed E-state index contributed by atoms with van der Waals surface area (Å²) in [5.74, 6) is -0.753. The minimum absolute atomic E-state index is 0.102. The minimum Gasteiger partial charge on any atom is -0.354 e. The molecule has 1 aliphatic rings. The number of rotatable bonds is 6. The largest absolute Gasteiger partial charge is 0.354 e. The van der Waals surface area contributed by atoms with Gasteiger partial charge < -0.3 is 9.80 Å². The number of benzene rings is 1. The highest BCUT2D eigenvalue weighted by Crippen LogP contribution is 2.22. The van der Waals surface area contributed by atoms with Crippen molar-refractivity contribution in [3.05, 3.63) is 53.5 Å². The Kier molecular flexibility index (Phi) is 7.43. The molecule has 0 saturated carbocycles. The van der Waals surface area contributed by atoms with Crippen molar-refractivity contribution in [3.8, 4) is 6.07 Å². The summed E-state index contributed by atoms with van der Waals surface area (Å²) in [6, 6.07) is 8.85. The van der Waals surface area contributed by atoms with Gasteiger partial charge in [-0.25, -0.2) is 17.8 Å². The fourth-order valence-corrected chi connectivity index (χ4v) is 5.27. The summed E-state index contributed by atoms with van der Waals surface area (Å²) in [4.78, 5) is 20.8. The van der Waals surface area contributed by atoms with Gasteiger partial charge in [-0.3, -0.25) is 4.79 Å². The predicted molar refractivity (Wildman–Crippen MR) is 118 cm³/mol. The van der Waals surface area contributed by atoms with E-state index in [1.54, 1.807) is 32.2 Å². The topological polar surface area (TPSA) is 97.6 Å². The van der Waals surface area contributed by atoms with E-state index in [-0.39, 0.29) is 23.5 Å². The third-order valence-corrected chi connectivity index (χ3v) is 7.55. The molecule has 170 valence electrons. The Hall–Kier alpha value is -3.03. The molecule has 2 heterocycles. The lowest BCUT2D eigenvalue weighted by Gasteiger charge is -2.24. The van der Waals surface area contributed by atoms with Crippen LogP contribution < -0.4 is 4.90 Å². The summed E-state index contributed by atoms with van der Waals surface area (Å²) in [6.07, 6.45) is 2.22. The fourth-order valence-electron chi connectivity index (χ4n) is 3.78. The van der Waals surface area contributed by atoms with Gasteiger partial charge in [0.15, 0.2) is 0 Å². The third-order valence-electron chi connectivity index (χ3n) is 5.50. The zero-order chi connectivity index (χ0) is 23.3. The molecule has 32 heavy (non-hydrogen) atoms. The van der Waals surface area contributed by atoms with Crippen LogP contribution in [0.5, 0.6) is 0 Å². The normalized spacial score (nSPS) is 14.8. The molecular weight excluding hydrogens is 433 g/mol. The number of pyridine rings is 1. The molecule has 1 aromatic carbocycles. The van der Waals surface area contributed by atoms with Crippen molar-refractivity contribution >= 4 is 21.7 Å². The van der Waals surface area contributed by atoms with Crippen LogP contribution in [0, 0.1) is 17.1 Å². The Labute approximate surface area is 187 Å². The first-order valence-corrected chi connectivity index (χ1v) is 12.0. The van der Waals surface area contributed by atoms with E-state index in [2.05, 4.69) is 11.1 Å². The van der Waals surface area contributed by atoms with Crippen LogP contribution in [0.3, 0.4) is 0 Å². The summed E-state index contributed by atoms with van der Waals surface area (Å²) in [5, 5.41) is 9.33. The molecule has 0 N–H and O–H groups in total. The molecule has 1 saturated heterocycles. The molecule has 3 rings (SSSR count). The van der Waals surface area contributed by atoms with E-state index in [1.165, 1.54) is 15.3 Å². The Morgan fingerprint density at radius 2 is 1.94 bits per heavy atom. The van der Waals surface area contributed by atoms with Gasteiger partial charge in [0.25, 0.3) is 5.91 Å². The van der Waals surface area contributed by atoms with Gasteiger partial charge in [0.05, 0.1) is 16.0 Å². The van der Waals surface area contributed by atoms with Gasteiger partial charge >= 0.3 is 0 Å². The average Bonchev–Trinajstić information content (AvgIpc) is 3.05. The molecule has 2 aromatic rings. The van der Waals surface area contributed by atoms with Crippen molar-refractivity contribution in [2.75, 3.05) is 44.2 Å². The Bertz CT molecular complexity index is 1130. The molecule has 0 aliphatic carbocycles. The minimum atomic E-state index is -3.82. The van der Waals surface area contributed by atoms with Gasteiger partial charge in [-0.1, -0.05) is 13.8 Å². The maximum absolute atomic E-state index is 14.6. The van der Waals surface area contributed by atoms with Gasteiger partial charge in [0.2, 0.25) is 10.0 Å². The van der Waals surface area contributed by atoms with Gasteiger partial charge in [0, 0.05) is 45.5 Å². The van der Waals surface area contributed by atoms with Crippen LogP contribution in [0.4, 0.5) is 10.2 Å². The Morgan fingerprint density at radius 3 is 2.62 bits per heavy atom. The van der Waals surface area contributed by atoms with Crippen molar-refractivity contribution < 1.29 is 17.6 Å². The quantitative estimate of drug-likeness (QED) is 0.658. The van der Waals surface area contributed by atoms with Gasteiger partial charge in [-0.05, 0) is 36.8 Å². The summed E-state index contributed by atoms with van der Waals surface area (Å²) in [6.45, 7) is 5.70. The molecule has 1 fully saturated rings. The van der Waals surface area contributed by atoms with Gasteiger partial charge in [-0.15, -0.1) is 0 Å².